The van der Waals surface area contributed by atoms with Crippen LogP contribution in [0.15, 0.2) is 6.07 Å². The van der Waals surface area contributed by atoms with E-state index in [-0.39, 0.29) is 17.5 Å². The van der Waals surface area contributed by atoms with Gasteiger partial charge in [-0.2, -0.15) is 5.10 Å². The second kappa shape index (κ2) is 6.82. The van der Waals surface area contributed by atoms with Crippen LogP contribution in [0, 0.1) is 13.8 Å². The highest BCUT2D eigenvalue weighted by Gasteiger charge is 2.28. The van der Waals surface area contributed by atoms with Crippen molar-refractivity contribution in [2.75, 3.05) is 13.1 Å². The first-order valence-electron chi connectivity index (χ1n) is 8.32. The number of likely N-dealkylation sites (tertiary alicyclic amines) is 1. The summed E-state index contributed by atoms with van der Waals surface area (Å²) in [4.78, 5) is 14.6. The van der Waals surface area contributed by atoms with E-state index in [0.717, 1.165) is 31.6 Å². The van der Waals surface area contributed by atoms with Crippen LogP contribution in [-0.4, -0.2) is 45.3 Å². The van der Waals surface area contributed by atoms with Crippen LogP contribution < -0.4 is 5.32 Å². The summed E-state index contributed by atoms with van der Waals surface area (Å²) in [6.07, 6.45) is 3.37. The highest BCUT2D eigenvalue weighted by atomic mass is 16.2. The zero-order valence-electron chi connectivity index (χ0n) is 14.6. The molecule has 1 fully saturated rings. The van der Waals surface area contributed by atoms with Crippen LogP contribution >= 0.6 is 0 Å². The van der Waals surface area contributed by atoms with Crippen LogP contribution in [0.2, 0.25) is 0 Å². The van der Waals surface area contributed by atoms with Gasteiger partial charge in [-0.25, -0.2) is 0 Å². The Morgan fingerprint density at radius 2 is 2.09 bits per heavy atom. The average molecular weight is 306 g/mol. The fraction of sp³-hybridized carbons (Fsp3) is 0.765. The number of carbonyl (C=O) groups is 1. The maximum absolute atomic E-state index is 12.6. The lowest BCUT2D eigenvalue weighted by molar-refractivity contribution is -0.134. The van der Waals surface area contributed by atoms with E-state index < -0.39 is 0 Å². The van der Waals surface area contributed by atoms with Crippen molar-refractivity contribution < 1.29 is 4.79 Å². The van der Waals surface area contributed by atoms with E-state index in [1.165, 1.54) is 12.1 Å². The predicted molar refractivity (Wildman–Crippen MR) is 88.8 cm³/mol. The number of amides is 1. The number of hydrogen-bond donors (Lipinski definition) is 1. The van der Waals surface area contributed by atoms with Gasteiger partial charge in [0.1, 0.15) is 0 Å². The van der Waals surface area contributed by atoms with E-state index in [4.69, 9.17) is 0 Å². The molecule has 0 radical (unpaired) electrons. The van der Waals surface area contributed by atoms with E-state index in [0.29, 0.717) is 6.54 Å². The minimum absolute atomic E-state index is 0.0311. The Morgan fingerprint density at radius 3 is 2.68 bits per heavy atom. The van der Waals surface area contributed by atoms with Crippen LogP contribution in [0.25, 0.3) is 0 Å². The summed E-state index contributed by atoms with van der Waals surface area (Å²) >= 11 is 0. The largest absolute Gasteiger partial charge is 0.337 e. The van der Waals surface area contributed by atoms with Gasteiger partial charge in [-0.1, -0.05) is 0 Å². The number of carbonyl (C=O) groups excluding carboxylic acids is 1. The molecular formula is C17H30N4O. The predicted octanol–water partition coefficient (Wildman–Crippen LogP) is 2.27. The summed E-state index contributed by atoms with van der Waals surface area (Å²) in [6, 6.07) is 2.36. The maximum atomic E-state index is 12.6. The molecule has 5 heteroatoms. The van der Waals surface area contributed by atoms with E-state index in [1.807, 2.05) is 11.6 Å². The van der Waals surface area contributed by atoms with Crippen LogP contribution in [0.3, 0.4) is 0 Å². The molecule has 1 N–H and O–H groups in total. The second-order valence-corrected chi connectivity index (χ2v) is 7.45. The standard InChI is InChI=1S/C17H30N4O/c1-13-10-14(2)21(19-13)12-15-8-6-7-9-20(15)16(22)11-18-17(3,4)5/h10,15,18H,6-9,11-12H2,1-5H3/t15-/m1/s1. The van der Waals surface area contributed by atoms with Gasteiger partial charge in [-0.15, -0.1) is 0 Å². The van der Waals surface area contributed by atoms with E-state index in [9.17, 15) is 4.79 Å². The number of nitrogens with one attached hydrogen (secondary N) is 1. The molecule has 22 heavy (non-hydrogen) atoms. The summed E-state index contributed by atoms with van der Waals surface area (Å²) in [5, 5.41) is 7.85. The Hall–Kier alpha value is -1.36. The van der Waals surface area contributed by atoms with Crippen LogP contribution in [-0.2, 0) is 11.3 Å². The van der Waals surface area contributed by atoms with E-state index >= 15 is 0 Å². The molecule has 1 atom stereocenters. The molecular weight excluding hydrogens is 276 g/mol. The first-order valence-corrected chi connectivity index (χ1v) is 8.32. The molecule has 2 heterocycles. The molecule has 1 aromatic heterocycles. The number of piperidine rings is 1. The number of aromatic nitrogens is 2. The summed E-state index contributed by atoms with van der Waals surface area (Å²) in [6.45, 7) is 12.4. The zero-order chi connectivity index (χ0) is 16.3. The van der Waals surface area contributed by atoms with Crippen LogP contribution in [0.4, 0.5) is 0 Å². The van der Waals surface area contributed by atoms with Crippen molar-refractivity contribution in [2.45, 2.75) is 72.0 Å². The lowest BCUT2D eigenvalue weighted by Crippen LogP contribution is -2.51. The molecule has 1 saturated heterocycles. The number of rotatable bonds is 4. The fourth-order valence-electron chi connectivity index (χ4n) is 3.02. The second-order valence-electron chi connectivity index (χ2n) is 7.45. The topological polar surface area (TPSA) is 50.2 Å². The summed E-state index contributed by atoms with van der Waals surface area (Å²) < 4.78 is 2.04. The highest BCUT2D eigenvalue weighted by molar-refractivity contribution is 5.78. The van der Waals surface area contributed by atoms with Gasteiger partial charge in [0.15, 0.2) is 0 Å². The normalized spacial score (nSPS) is 19.5. The van der Waals surface area contributed by atoms with Gasteiger partial charge in [0.2, 0.25) is 5.91 Å². The Labute approximate surface area is 134 Å². The molecule has 1 aliphatic heterocycles. The summed E-state index contributed by atoms with van der Waals surface area (Å²) in [7, 11) is 0. The molecule has 2 rings (SSSR count). The van der Waals surface area contributed by atoms with Crippen molar-refractivity contribution in [3.05, 3.63) is 17.5 Å². The third-order valence-electron chi connectivity index (χ3n) is 4.20. The third-order valence-corrected chi connectivity index (χ3v) is 4.20. The van der Waals surface area contributed by atoms with Gasteiger partial charge in [0.05, 0.1) is 24.8 Å². The first kappa shape index (κ1) is 17.0. The molecule has 1 amide bonds. The lowest BCUT2D eigenvalue weighted by Gasteiger charge is -2.36. The average Bonchev–Trinajstić information content (AvgIpc) is 2.74. The summed E-state index contributed by atoms with van der Waals surface area (Å²) in [5.41, 5.74) is 2.18. The number of nitrogens with zero attached hydrogens (tertiary/aromatic N) is 3. The molecule has 0 aromatic carbocycles. The molecule has 0 spiro atoms. The van der Waals surface area contributed by atoms with Gasteiger partial charge in [-0.05, 0) is 59.9 Å². The molecule has 1 aromatic rings. The van der Waals surface area contributed by atoms with Crippen molar-refractivity contribution in [1.29, 1.82) is 0 Å². The lowest BCUT2D eigenvalue weighted by atomic mass is 10.0. The van der Waals surface area contributed by atoms with Gasteiger partial charge >= 0.3 is 0 Å². The molecule has 124 valence electrons. The SMILES string of the molecule is Cc1cc(C)n(C[C@H]2CCCCN2C(=O)CNC(C)(C)C)n1. The molecule has 1 aliphatic rings. The van der Waals surface area contributed by atoms with Gasteiger partial charge < -0.3 is 10.2 Å². The molecule has 0 bridgehead atoms. The van der Waals surface area contributed by atoms with E-state index in [1.54, 1.807) is 0 Å². The minimum Gasteiger partial charge on any atom is -0.337 e. The van der Waals surface area contributed by atoms with Gasteiger partial charge in [0, 0.05) is 17.8 Å². The van der Waals surface area contributed by atoms with Crippen molar-refractivity contribution in [1.82, 2.24) is 20.0 Å². The Bertz CT molecular complexity index is 515. The monoisotopic (exact) mass is 306 g/mol. The van der Waals surface area contributed by atoms with E-state index in [2.05, 4.69) is 49.1 Å². The van der Waals surface area contributed by atoms with Crippen molar-refractivity contribution >= 4 is 5.91 Å². The fourth-order valence-corrected chi connectivity index (χ4v) is 3.02. The highest BCUT2D eigenvalue weighted by Crippen LogP contribution is 2.19. The number of hydrogen-bond acceptors (Lipinski definition) is 3. The van der Waals surface area contributed by atoms with Crippen molar-refractivity contribution in [2.24, 2.45) is 0 Å². The quantitative estimate of drug-likeness (QED) is 0.928. The summed E-state index contributed by atoms with van der Waals surface area (Å²) in [5.74, 6) is 0.209. The van der Waals surface area contributed by atoms with Gasteiger partial charge in [-0.3, -0.25) is 9.48 Å². The first-order chi connectivity index (χ1) is 10.3. The third kappa shape index (κ3) is 4.57. The molecule has 0 saturated carbocycles. The Balaban J connectivity index is 2.01. The smallest absolute Gasteiger partial charge is 0.236 e. The number of aryl methyl sites for hydroxylation is 2. The molecule has 0 unspecified atom stereocenters. The van der Waals surface area contributed by atoms with Gasteiger partial charge in [0.25, 0.3) is 0 Å². The van der Waals surface area contributed by atoms with Crippen LogP contribution in [0.1, 0.15) is 51.4 Å². The molecule has 5 nitrogen and oxygen atoms in total. The van der Waals surface area contributed by atoms with Crippen molar-refractivity contribution in [3.63, 3.8) is 0 Å². The maximum Gasteiger partial charge on any atom is 0.236 e. The van der Waals surface area contributed by atoms with Crippen LogP contribution in [0.5, 0.6) is 0 Å². The van der Waals surface area contributed by atoms with Crippen molar-refractivity contribution in [3.8, 4) is 0 Å². The Morgan fingerprint density at radius 1 is 1.36 bits per heavy atom. The zero-order valence-corrected chi connectivity index (χ0v) is 14.6. The molecule has 0 aliphatic carbocycles. The Kier molecular flexibility index (Phi) is 5.27. The minimum atomic E-state index is -0.0311.